The Morgan fingerprint density at radius 2 is 1.68 bits per heavy atom. The number of aromatic nitrogens is 1. The van der Waals surface area contributed by atoms with Gasteiger partial charge in [0.15, 0.2) is 5.96 Å². The highest BCUT2D eigenvalue weighted by Gasteiger charge is 2.20. The molecule has 2 fully saturated rings. The van der Waals surface area contributed by atoms with Crippen molar-refractivity contribution >= 4 is 11.8 Å². The molecule has 31 heavy (non-hydrogen) atoms. The first-order chi connectivity index (χ1) is 15.2. The molecule has 2 aromatic rings. The van der Waals surface area contributed by atoms with Gasteiger partial charge in [-0.1, -0.05) is 30.3 Å². The fourth-order valence-corrected chi connectivity index (χ4v) is 4.25. The van der Waals surface area contributed by atoms with E-state index >= 15 is 0 Å². The Hall–Kier alpha value is -2.64. The SMILES string of the molecule is CN=C(NCc1ccnc(N2CCN(C)CC2)c1)N1CCN(Cc2ccccc2)CC1. The van der Waals surface area contributed by atoms with Crippen molar-refractivity contribution in [1.82, 2.24) is 25.0 Å². The van der Waals surface area contributed by atoms with Crippen LogP contribution >= 0.6 is 0 Å². The van der Waals surface area contributed by atoms with E-state index in [2.05, 4.69) is 84.4 Å². The summed E-state index contributed by atoms with van der Waals surface area (Å²) in [7, 11) is 4.05. The molecule has 4 rings (SSSR count). The van der Waals surface area contributed by atoms with Crippen LogP contribution in [-0.2, 0) is 13.1 Å². The average molecular weight is 422 g/mol. The second kappa shape index (κ2) is 10.6. The Morgan fingerprint density at radius 3 is 2.39 bits per heavy atom. The first-order valence-corrected chi connectivity index (χ1v) is 11.3. The minimum Gasteiger partial charge on any atom is -0.354 e. The van der Waals surface area contributed by atoms with Crippen molar-refractivity contribution < 1.29 is 0 Å². The average Bonchev–Trinajstić information content (AvgIpc) is 2.82. The zero-order valence-corrected chi connectivity index (χ0v) is 18.9. The molecule has 2 aliphatic rings. The first-order valence-electron chi connectivity index (χ1n) is 11.3. The van der Waals surface area contributed by atoms with E-state index < -0.39 is 0 Å². The van der Waals surface area contributed by atoms with Crippen molar-refractivity contribution in [3.63, 3.8) is 0 Å². The van der Waals surface area contributed by atoms with Crippen molar-refractivity contribution in [2.75, 3.05) is 71.4 Å². The second-order valence-corrected chi connectivity index (χ2v) is 8.46. The van der Waals surface area contributed by atoms with Crippen LogP contribution in [-0.4, -0.2) is 92.1 Å². The van der Waals surface area contributed by atoms with Gasteiger partial charge in [-0.25, -0.2) is 4.98 Å². The Bertz CT molecular complexity index is 838. The van der Waals surface area contributed by atoms with Gasteiger partial charge in [0.25, 0.3) is 0 Å². The molecule has 7 heteroatoms. The Balaban J connectivity index is 1.27. The molecule has 0 saturated carbocycles. The molecule has 7 nitrogen and oxygen atoms in total. The second-order valence-electron chi connectivity index (χ2n) is 8.46. The molecular formula is C24H35N7. The van der Waals surface area contributed by atoms with Gasteiger partial charge in [-0.2, -0.15) is 0 Å². The number of nitrogens with one attached hydrogen (secondary N) is 1. The zero-order chi connectivity index (χ0) is 21.5. The third-order valence-corrected chi connectivity index (χ3v) is 6.22. The van der Waals surface area contributed by atoms with Crippen LogP contribution in [0.4, 0.5) is 5.82 Å². The smallest absolute Gasteiger partial charge is 0.194 e. The number of nitrogens with zero attached hydrogens (tertiary/aromatic N) is 6. The maximum Gasteiger partial charge on any atom is 0.194 e. The number of rotatable bonds is 5. The van der Waals surface area contributed by atoms with Crippen molar-refractivity contribution in [1.29, 1.82) is 0 Å². The lowest BCUT2D eigenvalue weighted by molar-refractivity contribution is 0.172. The fraction of sp³-hybridized carbons (Fsp3) is 0.500. The fourth-order valence-electron chi connectivity index (χ4n) is 4.25. The molecule has 1 aromatic heterocycles. The topological polar surface area (TPSA) is 50.2 Å². The highest BCUT2D eigenvalue weighted by molar-refractivity contribution is 5.80. The lowest BCUT2D eigenvalue weighted by Crippen LogP contribution is -2.52. The zero-order valence-electron chi connectivity index (χ0n) is 18.9. The summed E-state index contributed by atoms with van der Waals surface area (Å²) in [6, 6.07) is 15.0. The van der Waals surface area contributed by atoms with Crippen LogP contribution in [0, 0.1) is 0 Å². The van der Waals surface area contributed by atoms with Crippen molar-refractivity contribution in [2.45, 2.75) is 13.1 Å². The van der Waals surface area contributed by atoms with Crippen LogP contribution in [0.2, 0.25) is 0 Å². The van der Waals surface area contributed by atoms with Crippen molar-refractivity contribution in [3.05, 3.63) is 59.8 Å². The molecular weight excluding hydrogens is 386 g/mol. The van der Waals surface area contributed by atoms with E-state index in [0.717, 1.165) is 77.2 Å². The molecule has 0 aliphatic carbocycles. The lowest BCUT2D eigenvalue weighted by atomic mass is 10.2. The highest BCUT2D eigenvalue weighted by atomic mass is 15.3. The molecule has 1 N–H and O–H groups in total. The number of pyridine rings is 1. The van der Waals surface area contributed by atoms with E-state index in [1.54, 1.807) is 0 Å². The summed E-state index contributed by atoms with van der Waals surface area (Å²) in [5, 5.41) is 3.56. The van der Waals surface area contributed by atoms with Gasteiger partial charge in [0.05, 0.1) is 0 Å². The molecule has 2 aliphatic heterocycles. The van der Waals surface area contributed by atoms with E-state index in [9.17, 15) is 0 Å². The third kappa shape index (κ3) is 5.95. The van der Waals surface area contributed by atoms with Gasteiger partial charge in [-0.15, -0.1) is 0 Å². The van der Waals surface area contributed by atoms with Gasteiger partial charge >= 0.3 is 0 Å². The summed E-state index contributed by atoms with van der Waals surface area (Å²) in [5.41, 5.74) is 2.63. The van der Waals surface area contributed by atoms with Gasteiger partial charge in [-0.05, 0) is 30.3 Å². The lowest BCUT2D eigenvalue weighted by Gasteiger charge is -2.36. The molecule has 0 atom stereocenters. The molecule has 0 unspecified atom stereocenters. The van der Waals surface area contributed by atoms with Crippen molar-refractivity contribution in [3.8, 4) is 0 Å². The maximum atomic E-state index is 4.60. The number of piperazine rings is 2. The van der Waals surface area contributed by atoms with Crippen LogP contribution < -0.4 is 10.2 Å². The van der Waals surface area contributed by atoms with E-state index in [0.29, 0.717) is 0 Å². The normalized spacial score (nSPS) is 19.0. The first kappa shape index (κ1) is 21.6. The molecule has 166 valence electrons. The summed E-state index contributed by atoms with van der Waals surface area (Å²) in [6.45, 7) is 10.1. The molecule has 2 saturated heterocycles. The number of aliphatic imine (C=N–C) groups is 1. The Kier molecular flexibility index (Phi) is 7.38. The number of hydrogen-bond acceptors (Lipinski definition) is 5. The molecule has 0 bridgehead atoms. The highest BCUT2D eigenvalue weighted by Crippen LogP contribution is 2.15. The predicted molar refractivity (Wildman–Crippen MR) is 127 cm³/mol. The number of anilines is 1. The number of benzene rings is 1. The van der Waals surface area contributed by atoms with E-state index in [4.69, 9.17) is 0 Å². The standard InChI is InChI=1S/C24H35N7/c1-25-24(31-16-12-29(13-17-31)20-21-6-4-3-5-7-21)27-19-22-8-9-26-23(18-22)30-14-10-28(2)11-15-30/h3-9,18H,10-17,19-20H2,1-2H3,(H,25,27). The molecule has 1 aromatic carbocycles. The van der Waals surface area contributed by atoms with E-state index in [1.165, 1.54) is 11.1 Å². The van der Waals surface area contributed by atoms with Crippen LogP contribution in [0.25, 0.3) is 0 Å². The third-order valence-electron chi connectivity index (χ3n) is 6.22. The molecule has 0 amide bonds. The van der Waals surface area contributed by atoms with Gasteiger partial charge in [0.2, 0.25) is 0 Å². The largest absolute Gasteiger partial charge is 0.354 e. The van der Waals surface area contributed by atoms with Gasteiger partial charge in [0, 0.05) is 78.7 Å². The van der Waals surface area contributed by atoms with Gasteiger partial charge in [0.1, 0.15) is 5.82 Å². The quantitative estimate of drug-likeness (QED) is 0.586. The van der Waals surface area contributed by atoms with Gasteiger partial charge in [-0.3, -0.25) is 9.89 Å². The summed E-state index contributed by atoms with van der Waals surface area (Å²) < 4.78 is 0. The van der Waals surface area contributed by atoms with E-state index in [-0.39, 0.29) is 0 Å². The van der Waals surface area contributed by atoms with Gasteiger partial charge < -0.3 is 20.0 Å². The monoisotopic (exact) mass is 421 g/mol. The molecule has 0 radical (unpaired) electrons. The summed E-state index contributed by atoms with van der Waals surface area (Å²) in [4.78, 5) is 18.8. The predicted octanol–water partition coefficient (Wildman–Crippen LogP) is 1.73. The Labute approximate surface area is 186 Å². The summed E-state index contributed by atoms with van der Waals surface area (Å²) in [5.74, 6) is 2.06. The summed E-state index contributed by atoms with van der Waals surface area (Å²) in [6.07, 6.45) is 1.93. The molecule has 3 heterocycles. The van der Waals surface area contributed by atoms with Crippen LogP contribution in [0.15, 0.2) is 53.7 Å². The van der Waals surface area contributed by atoms with Crippen LogP contribution in [0.3, 0.4) is 0 Å². The minimum absolute atomic E-state index is 0.764. The number of guanidine groups is 1. The van der Waals surface area contributed by atoms with Crippen molar-refractivity contribution in [2.24, 2.45) is 4.99 Å². The number of hydrogen-bond donors (Lipinski definition) is 1. The molecule has 0 spiro atoms. The van der Waals surface area contributed by atoms with Crippen LogP contribution in [0.5, 0.6) is 0 Å². The number of likely N-dealkylation sites (N-methyl/N-ethyl adjacent to an activating group) is 1. The summed E-state index contributed by atoms with van der Waals surface area (Å²) >= 11 is 0. The van der Waals surface area contributed by atoms with Crippen LogP contribution in [0.1, 0.15) is 11.1 Å². The van der Waals surface area contributed by atoms with E-state index in [1.807, 2.05) is 13.2 Å². The Morgan fingerprint density at radius 1 is 0.935 bits per heavy atom. The minimum atomic E-state index is 0.764. The maximum absolute atomic E-state index is 4.60.